The third-order valence-electron chi connectivity index (χ3n) is 2.84. The fourth-order valence-electron chi connectivity index (χ4n) is 1.93. The van der Waals surface area contributed by atoms with Gasteiger partial charge in [0.1, 0.15) is 5.82 Å². The number of hydrogen-bond donors (Lipinski definition) is 1. The van der Waals surface area contributed by atoms with E-state index in [1.54, 1.807) is 11.3 Å². The van der Waals surface area contributed by atoms with E-state index in [2.05, 4.69) is 43.2 Å². The maximum Gasteiger partial charge on any atom is 0.129 e. The zero-order valence-corrected chi connectivity index (χ0v) is 14.6. The average Bonchev–Trinajstić information content (AvgIpc) is 2.67. The number of rotatable bonds is 4. The minimum absolute atomic E-state index is 0.104. The smallest absolute Gasteiger partial charge is 0.129 e. The average molecular weight is 407 g/mol. The van der Waals surface area contributed by atoms with E-state index in [1.807, 2.05) is 26.0 Å². The highest BCUT2D eigenvalue weighted by molar-refractivity contribution is 9.11. The molecule has 5 heteroatoms. The molecule has 102 valence electrons. The third kappa shape index (κ3) is 3.45. The molecule has 1 unspecified atom stereocenters. The van der Waals surface area contributed by atoms with Crippen LogP contribution in [0, 0.1) is 12.7 Å². The van der Waals surface area contributed by atoms with E-state index in [1.165, 1.54) is 11.6 Å². The quantitative estimate of drug-likeness (QED) is 0.714. The molecule has 1 atom stereocenters. The van der Waals surface area contributed by atoms with Crippen molar-refractivity contribution in [2.24, 2.45) is 0 Å². The Morgan fingerprint density at radius 1 is 1.32 bits per heavy atom. The molecule has 0 amide bonds. The van der Waals surface area contributed by atoms with E-state index < -0.39 is 0 Å². The van der Waals surface area contributed by atoms with Crippen molar-refractivity contribution >= 4 is 43.2 Å². The molecule has 0 fully saturated rings. The lowest BCUT2D eigenvalue weighted by Gasteiger charge is -2.17. The molecule has 0 saturated carbocycles. The van der Waals surface area contributed by atoms with Crippen molar-refractivity contribution in [2.45, 2.75) is 19.9 Å². The second-order valence-electron chi connectivity index (χ2n) is 4.26. The Bertz CT molecular complexity index is 563. The van der Waals surface area contributed by atoms with E-state index in [9.17, 15) is 4.39 Å². The number of nitrogens with one attached hydrogen (secondary N) is 1. The van der Waals surface area contributed by atoms with Crippen LogP contribution in [0.5, 0.6) is 0 Å². The Morgan fingerprint density at radius 2 is 2.05 bits per heavy atom. The van der Waals surface area contributed by atoms with Gasteiger partial charge in [0.2, 0.25) is 0 Å². The van der Waals surface area contributed by atoms with Crippen molar-refractivity contribution in [3.05, 3.63) is 54.3 Å². The van der Waals surface area contributed by atoms with Crippen LogP contribution in [0.3, 0.4) is 0 Å². The van der Waals surface area contributed by atoms with Gasteiger partial charge in [-0.05, 0) is 53.2 Å². The van der Waals surface area contributed by atoms with Crippen LogP contribution in [0.25, 0.3) is 0 Å². The molecule has 0 aliphatic rings. The molecule has 1 N–H and O–H groups in total. The van der Waals surface area contributed by atoms with Gasteiger partial charge in [-0.3, -0.25) is 0 Å². The van der Waals surface area contributed by atoms with Crippen LogP contribution < -0.4 is 5.32 Å². The molecular formula is C14H14Br2FNS. The van der Waals surface area contributed by atoms with Gasteiger partial charge in [0.25, 0.3) is 0 Å². The summed E-state index contributed by atoms with van der Waals surface area (Å²) in [5.41, 5.74) is 1.86. The molecule has 0 bridgehead atoms. The fourth-order valence-corrected chi connectivity index (χ4v) is 3.93. The molecule has 2 rings (SSSR count). The first-order valence-corrected chi connectivity index (χ1v) is 8.37. The zero-order chi connectivity index (χ0) is 14.0. The van der Waals surface area contributed by atoms with Crippen molar-refractivity contribution in [3.63, 3.8) is 0 Å². The minimum atomic E-state index is -0.192. The second-order valence-corrected chi connectivity index (χ2v) is 7.58. The van der Waals surface area contributed by atoms with Gasteiger partial charge in [-0.1, -0.05) is 28.9 Å². The summed E-state index contributed by atoms with van der Waals surface area (Å²) in [5, 5.41) is 3.35. The van der Waals surface area contributed by atoms with Crippen LogP contribution in [0.1, 0.15) is 29.0 Å². The maximum atomic E-state index is 14.1. The van der Waals surface area contributed by atoms with Gasteiger partial charge in [-0.25, -0.2) is 4.39 Å². The first-order chi connectivity index (χ1) is 9.02. The van der Waals surface area contributed by atoms with Crippen LogP contribution in [0.15, 0.2) is 32.5 Å². The van der Waals surface area contributed by atoms with Crippen LogP contribution in [-0.2, 0) is 0 Å². The van der Waals surface area contributed by atoms with Gasteiger partial charge in [0.05, 0.1) is 9.83 Å². The predicted molar refractivity (Wildman–Crippen MR) is 86.4 cm³/mol. The Morgan fingerprint density at radius 3 is 2.58 bits per heavy atom. The van der Waals surface area contributed by atoms with Crippen LogP contribution >= 0.6 is 43.2 Å². The normalized spacial score (nSPS) is 12.7. The lowest BCUT2D eigenvalue weighted by atomic mass is 10.0. The molecule has 1 aromatic carbocycles. The van der Waals surface area contributed by atoms with E-state index in [-0.39, 0.29) is 11.9 Å². The molecule has 0 aliphatic carbocycles. The van der Waals surface area contributed by atoms with Gasteiger partial charge in [0, 0.05) is 14.9 Å². The number of aryl methyl sites for hydroxylation is 1. The Balaban J connectivity index is 2.44. The molecule has 0 radical (unpaired) electrons. The molecule has 1 nitrogen and oxygen atoms in total. The molecular weight excluding hydrogens is 393 g/mol. The summed E-state index contributed by atoms with van der Waals surface area (Å²) in [4.78, 5) is 1.12. The van der Waals surface area contributed by atoms with Crippen LogP contribution in [-0.4, -0.2) is 6.54 Å². The molecule has 1 aromatic heterocycles. The Hall–Kier alpha value is -0.230. The number of halogens is 3. The summed E-state index contributed by atoms with van der Waals surface area (Å²) < 4.78 is 16.0. The van der Waals surface area contributed by atoms with E-state index in [0.29, 0.717) is 5.56 Å². The number of benzene rings is 1. The van der Waals surface area contributed by atoms with Crippen molar-refractivity contribution < 1.29 is 4.39 Å². The standard InChI is InChI=1S/C14H14Br2FNS/c1-3-18-13(12-6-8(2)14(16)19-12)10-5-4-9(15)7-11(10)17/h4-7,13,18H,3H2,1-2H3. The largest absolute Gasteiger partial charge is 0.306 e. The zero-order valence-electron chi connectivity index (χ0n) is 10.6. The van der Waals surface area contributed by atoms with Gasteiger partial charge < -0.3 is 5.32 Å². The van der Waals surface area contributed by atoms with E-state index in [0.717, 1.165) is 19.7 Å². The van der Waals surface area contributed by atoms with Crippen molar-refractivity contribution in [1.29, 1.82) is 0 Å². The highest BCUT2D eigenvalue weighted by atomic mass is 79.9. The number of hydrogen-bond acceptors (Lipinski definition) is 2. The van der Waals surface area contributed by atoms with Crippen LogP contribution in [0.2, 0.25) is 0 Å². The summed E-state index contributed by atoms with van der Waals surface area (Å²) in [6, 6.07) is 7.21. The van der Waals surface area contributed by atoms with E-state index >= 15 is 0 Å². The van der Waals surface area contributed by atoms with Crippen LogP contribution in [0.4, 0.5) is 4.39 Å². The number of thiophene rings is 1. The lowest BCUT2D eigenvalue weighted by Crippen LogP contribution is -2.22. The SMILES string of the molecule is CCNC(c1cc(C)c(Br)s1)c1ccc(Br)cc1F. The Kier molecular flexibility index (Phi) is 5.17. The van der Waals surface area contributed by atoms with Crippen molar-refractivity contribution in [3.8, 4) is 0 Å². The van der Waals surface area contributed by atoms with Crippen molar-refractivity contribution in [2.75, 3.05) is 6.54 Å². The minimum Gasteiger partial charge on any atom is -0.306 e. The maximum absolute atomic E-state index is 14.1. The predicted octanol–water partition coefficient (Wildman–Crippen LogP) is 5.42. The molecule has 0 aliphatic heterocycles. The fraction of sp³-hybridized carbons (Fsp3) is 0.286. The molecule has 0 spiro atoms. The summed E-state index contributed by atoms with van der Waals surface area (Å²) in [7, 11) is 0. The second kappa shape index (κ2) is 6.48. The monoisotopic (exact) mass is 405 g/mol. The molecule has 2 aromatic rings. The first-order valence-electron chi connectivity index (χ1n) is 5.97. The lowest BCUT2D eigenvalue weighted by molar-refractivity contribution is 0.562. The summed E-state index contributed by atoms with van der Waals surface area (Å²) in [6.45, 7) is 4.86. The van der Waals surface area contributed by atoms with Gasteiger partial charge >= 0.3 is 0 Å². The topological polar surface area (TPSA) is 12.0 Å². The first kappa shape index (κ1) is 15.2. The van der Waals surface area contributed by atoms with Crippen molar-refractivity contribution in [1.82, 2.24) is 5.32 Å². The van der Waals surface area contributed by atoms with E-state index in [4.69, 9.17) is 0 Å². The molecule has 19 heavy (non-hydrogen) atoms. The van der Waals surface area contributed by atoms with Gasteiger partial charge in [0.15, 0.2) is 0 Å². The molecule has 1 heterocycles. The molecule has 0 saturated heterocycles. The Labute approximate surface area is 133 Å². The van der Waals surface area contributed by atoms with Gasteiger partial charge in [-0.2, -0.15) is 0 Å². The summed E-state index contributed by atoms with van der Waals surface area (Å²) in [6.07, 6.45) is 0. The third-order valence-corrected chi connectivity index (χ3v) is 5.54. The summed E-state index contributed by atoms with van der Waals surface area (Å²) >= 11 is 8.46. The summed E-state index contributed by atoms with van der Waals surface area (Å²) in [5.74, 6) is -0.192. The highest BCUT2D eigenvalue weighted by Gasteiger charge is 2.19. The van der Waals surface area contributed by atoms with Gasteiger partial charge in [-0.15, -0.1) is 11.3 Å². The highest BCUT2D eigenvalue weighted by Crippen LogP contribution is 2.35.